The molecule has 24 nitrogen and oxygen atoms in total. The van der Waals surface area contributed by atoms with Gasteiger partial charge in [0.2, 0.25) is 0 Å². The van der Waals surface area contributed by atoms with Crippen LogP contribution < -0.4 is 11.5 Å². The maximum atomic E-state index is 13.1. The summed E-state index contributed by atoms with van der Waals surface area (Å²) < 4.78 is 91.6. The van der Waals surface area contributed by atoms with E-state index in [1.54, 1.807) is 133 Å². The predicted molar refractivity (Wildman–Crippen MR) is 388 cm³/mol. The van der Waals surface area contributed by atoms with Gasteiger partial charge in [0.1, 0.15) is 16.8 Å². The van der Waals surface area contributed by atoms with Crippen LogP contribution in [0.3, 0.4) is 0 Å². The van der Waals surface area contributed by atoms with Crippen molar-refractivity contribution in [2.75, 3.05) is 69.8 Å². The Kier molecular flexibility index (Phi) is 47.0. The molecule has 0 saturated heterocycles. The molecule has 3 aliphatic carbocycles. The third kappa shape index (κ3) is 30.3. The Morgan fingerprint density at radius 3 is 1.04 bits per heavy atom. The predicted octanol–water partition coefficient (Wildman–Crippen LogP) is 15.7. The number of carboxylic acids is 2. The molecule has 0 aliphatic heterocycles. The lowest BCUT2D eigenvalue weighted by Crippen LogP contribution is -2.27. The highest BCUT2D eigenvalue weighted by atomic mass is 79.9. The van der Waals surface area contributed by atoms with Crippen LogP contribution in [0.1, 0.15) is 109 Å². The summed E-state index contributed by atoms with van der Waals surface area (Å²) in [5.41, 5.74) is 14.8. The van der Waals surface area contributed by atoms with Gasteiger partial charge in [0.15, 0.2) is 5.28 Å². The number of benzene rings is 4. The zero-order valence-electron chi connectivity index (χ0n) is 56.8. The molecule has 98 heavy (non-hydrogen) atoms. The maximum Gasteiger partial charge on any atom is 0.373 e. The summed E-state index contributed by atoms with van der Waals surface area (Å²) in [6.07, 6.45) is 15.2. The number of aliphatic carboxylic acids is 2. The Balaban J connectivity index is 0.00000116. The van der Waals surface area contributed by atoms with Crippen molar-refractivity contribution in [3.63, 3.8) is 0 Å². The summed E-state index contributed by atoms with van der Waals surface area (Å²) in [6.45, 7) is 28.2. The van der Waals surface area contributed by atoms with E-state index < -0.39 is 70.0 Å². The monoisotopic (exact) mass is 1570 g/mol. The van der Waals surface area contributed by atoms with Crippen LogP contribution in [-0.2, 0) is 83.2 Å². The SMILES string of the molecule is BrC/C=C/CBr.C=CC1CC1(N)P(=O)(OCC)OCC.C=CC1CC1(N=Cc1ccccc1)P(=O)(OCC)OCC.C=C[C@@H]1C[C@]1(N)P(=O)(OCC)OCC.CCOP(=O)(CN=Cc1ccccc1)OCC.O=C(O)[C@H](c1ccccc1)[C@H](C(=O)O)c1ccccc1.O=C=O.O=C=O. The molecular formula is C68H96Br2N4O20P4. The lowest BCUT2D eigenvalue weighted by molar-refractivity contribution is -0.193. The number of carboxylic acid groups (broad SMARTS) is 2. The van der Waals surface area contributed by atoms with Crippen LogP contribution in [0.2, 0.25) is 0 Å². The van der Waals surface area contributed by atoms with Crippen molar-refractivity contribution in [3.05, 3.63) is 194 Å². The molecule has 4 unspecified atom stereocenters. The fourth-order valence-corrected chi connectivity index (χ4v) is 17.6. The van der Waals surface area contributed by atoms with Crippen LogP contribution in [0.4, 0.5) is 0 Å². The van der Waals surface area contributed by atoms with Crippen molar-refractivity contribution in [2.24, 2.45) is 39.2 Å². The molecule has 8 atom stereocenters. The second-order valence-electron chi connectivity index (χ2n) is 20.4. The quantitative estimate of drug-likeness (QED) is 0.0146. The van der Waals surface area contributed by atoms with Crippen LogP contribution in [0.25, 0.3) is 0 Å². The topological polar surface area (TPSA) is 362 Å². The van der Waals surface area contributed by atoms with E-state index in [1.165, 1.54) is 0 Å². The van der Waals surface area contributed by atoms with Crippen molar-refractivity contribution in [1.82, 2.24) is 0 Å². The van der Waals surface area contributed by atoms with Gasteiger partial charge in [-0.3, -0.25) is 37.8 Å². The first kappa shape index (κ1) is 92.4. The highest BCUT2D eigenvalue weighted by Crippen LogP contribution is 2.75. The van der Waals surface area contributed by atoms with E-state index in [9.17, 15) is 38.1 Å². The smallest absolute Gasteiger partial charge is 0.373 e. The van der Waals surface area contributed by atoms with Gasteiger partial charge in [-0.2, -0.15) is 19.2 Å². The molecule has 0 spiro atoms. The van der Waals surface area contributed by atoms with Gasteiger partial charge in [-0.15, -0.1) is 19.7 Å². The summed E-state index contributed by atoms with van der Waals surface area (Å²) in [7, 11) is -12.7. The molecule has 0 bridgehead atoms. The number of hydrogen-bond acceptors (Lipinski definition) is 22. The van der Waals surface area contributed by atoms with E-state index in [4.69, 9.17) is 66.8 Å². The summed E-state index contributed by atoms with van der Waals surface area (Å²) in [5, 5.41) is 18.3. The zero-order chi connectivity index (χ0) is 74.3. The number of rotatable bonds is 34. The Morgan fingerprint density at radius 1 is 0.500 bits per heavy atom. The van der Waals surface area contributed by atoms with E-state index in [0.717, 1.165) is 21.8 Å². The molecule has 542 valence electrons. The van der Waals surface area contributed by atoms with Crippen molar-refractivity contribution < 1.29 is 93.4 Å². The molecule has 6 N–H and O–H groups in total. The van der Waals surface area contributed by atoms with Crippen LogP contribution in [0, 0.1) is 17.8 Å². The number of carbonyl (C=O) groups is 2. The summed E-state index contributed by atoms with van der Waals surface area (Å²) in [5.74, 6) is -4.40. The second-order valence-corrected chi connectivity index (χ2v) is 30.7. The molecule has 0 aromatic heterocycles. The van der Waals surface area contributed by atoms with Gasteiger partial charge in [0.05, 0.1) is 64.7 Å². The Morgan fingerprint density at radius 2 is 0.786 bits per heavy atom. The van der Waals surface area contributed by atoms with E-state index in [1.807, 2.05) is 74.5 Å². The molecule has 7 rings (SSSR count). The van der Waals surface area contributed by atoms with Gasteiger partial charge >= 0.3 is 54.6 Å². The van der Waals surface area contributed by atoms with E-state index in [-0.39, 0.29) is 36.3 Å². The lowest BCUT2D eigenvalue weighted by Gasteiger charge is -2.24. The highest BCUT2D eigenvalue weighted by Gasteiger charge is 2.68. The summed E-state index contributed by atoms with van der Waals surface area (Å²) in [4.78, 5) is 64.3. The Hall–Kier alpha value is -5.64. The Bertz CT molecular complexity index is 3160. The van der Waals surface area contributed by atoms with Gasteiger partial charge in [-0.25, -0.2) is 0 Å². The molecule has 0 amide bonds. The average molecular weight is 1570 g/mol. The lowest BCUT2D eigenvalue weighted by atomic mass is 9.81. The molecule has 3 saturated carbocycles. The van der Waals surface area contributed by atoms with Gasteiger partial charge in [-0.1, -0.05) is 184 Å². The molecule has 0 heterocycles. The third-order valence-corrected chi connectivity index (χ3v) is 24.7. The van der Waals surface area contributed by atoms with Gasteiger partial charge < -0.3 is 57.9 Å². The number of carbonyl (C=O) groups excluding carboxylic acids is 4. The fraction of sp³-hybridized carbons (Fsp3) is 0.441. The number of alkyl halides is 2. The third-order valence-electron chi connectivity index (χ3n) is 13.9. The van der Waals surface area contributed by atoms with Gasteiger partial charge in [0.25, 0.3) is 0 Å². The minimum Gasteiger partial charge on any atom is -0.481 e. The van der Waals surface area contributed by atoms with E-state index in [2.05, 4.69) is 73.7 Å². The minimum absolute atomic E-state index is 0.0291. The number of nitrogens with two attached hydrogens (primary N) is 2. The van der Waals surface area contributed by atoms with Crippen molar-refractivity contribution in [1.29, 1.82) is 0 Å². The van der Waals surface area contributed by atoms with Crippen LogP contribution in [0.5, 0.6) is 0 Å². The van der Waals surface area contributed by atoms with Crippen molar-refractivity contribution >= 4 is 98.9 Å². The van der Waals surface area contributed by atoms with E-state index in [0.29, 0.717) is 83.2 Å². The number of nitrogens with zero attached hydrogens (tertiary/aromatic N) is 2. The summed E-state index contributed by atoms with van der Waals surface area (Å²) in [6, 6.07) is 36.3. The first-order valence-corrected chi connectivity index (χ1v) is 39.8. The normalized spacial score (nSPS) is 20.0. The number of halogens is 2. The molecule has 4 aromatic carbocycles. The van der Waals surface area contributed by atoms with Crippen molar-refractivity contribution in [2.45, 2.75) is 102 Å². The average Bonchev–Trinajstić information content (AvgIpc) is 1.58. The fourth-order valence-electron chi connectivity index (χ4n) is 9.12. The molecular weight excluding hydrogens is 1480 g/mol. The Labute approximate surface area is 593 Å². The first-order valence-electron chi connectivity index (χ1n) is 31.2. The standard InChI is InChI=1S/C16H22NO3P.C16H14O4.C12H18NO3P.2C9H18NO3P.C4H6Br2.2CO2/c1-4-15-12-16(15,21(18,19-5-2)20-6-3)17-13-14-10-8-7-9-11-14;17-15(18)13(11-7-3-1-4-8-11)14(16(19)20)12-9-5-2-6-10-12;1-3-15-17(14,16-4-2)11-13-10-12-8-6-5-7-9-12;2*1-4-8-7-9(8,10)14(11,12-5-2)13-6-3;5-3-1-2-4-6;2*2-1-3/h4,7-11,13,15H,1,5-6,12H2,2-3H3;1-10,13-14H,(H,17,18)(H,19,20);5-10H,3-4,11H2,1-2H3;2*4,8H,1,5-7,10H2,2-3H3;1-2H,3-4H2;;/b;;;;;2-1+;;/t;13-,14-;;8-,9+;;;;/m.1.1..../s1. The minimum atomic E-state index is -3.29. The van der Waals surface area contributed by atoms with Crippen molar-refractivity contribution in [3.8, 4) is 0 Å². The summed E-state index contributed by atoms with van der Waals surface area (Å²) >= 11 is 6.49. The zero-order valence-corrected chi connectivity index (χ0v) is 63.6. The number of aliphatic imine (C=N–C) groups is 2. The maximum absolute atomic E-state index is 13.1. The van der Waals surface area contributed by atoms with Crippen LogP contribution in [-0.4, -0.2) is 133 Å². The van der Waals surface area contributed by atoms with Crippen LogP contribution >= 0.6 is 62.2 Å². The highest BCUT2D eigenvalue weighted by molar-refractivity contribution is 9.09. The molecule has 0 radical (unpaired) electrons. The number of hydrogen-bond donors (Lipinski definition) is 4. The van der Waals surface area contributed by atoms with Crippen LogP contribution in [0.15, 0.2) is 181 Å². The number of allylic oxidation sites excluding steroid dienone is 2. The van der Waals surface area contributed by atoms with E-state index >= 15 is 0 Å². The second kappa shape index (κ2) is 49.8. The van der Waals surface area contributed by atoms with Gasteiger partial charge in [0, 0.05) is 40.8 Å². The van der Waals surface area contributed by atoms with Gasteiger partial charge in [-0.05, 0) is 96.9 Å². The molecule has 4 aromatic rings. The molecule has 3 aliphatic rings. The first-order chi connectivity index (χ1) is 46.7. The molecule has 30 heteroatoms. The largest absolute Gasteiger partial charge is 0.481 e. The molecule has 3 fully saturated rings.